The number of aromatic nitrogens is 1. The van der Waals surface area contributed by atoms with E-state index >= 15 is 0 Å². The molecule has 0 unspecified atom stereocenters. The quantitative estimate of drug-likeness (QED) is 0.745. The Kier molecular flexibility index (Phi) is 3.42. The summed E-state index contributed by atoms with van der Waals surface area (Å²) in [5.74, 6) is 0.875. The predicted octanol–water partition coefficient (Wildman–Crippen LogP) is 2.68. The zero-order valence-electron chi connectivity index (χ0n) is 9.06. The number of methoxy groups -OCH3 is 1. The summed E-state index contributed by atoms with van der Waals surface area (Å²) in [6, 6.07) is 11.8. The minimum atomic E-state index is 0.746. The van der Waals surface area contributed by atoms with E-state index in [4.69, 9.17) is 16.3 Å². The van der Waals surface area contributed by atoms with E-state index in [2.05, 4.69) is 0 Å². The molecule has 0 aliphatic carbocycles. The first-order chi connectivity index (χ1) is 7.78. The van der Waals surface area contributed by atoms with Crippen molar-refractivity contribution in [1.29, 1.82) is 0 Å². The van der Waals surface area contributed by atoms with Crippen LogP contribution < -0.4 is 9.30 Å². The van der Waals surface area contributed by atoms with Gasteiger partial charge in [-0.1, -0.05) is 11.6 Å². The maximum Gasteiger partial charge on any atom is 0.187 e. The molecule has 0 saturated heterocycles. The number of hydrogen-bond donors (Lipinski definition) is 0. The monoisotopic (exact) mass is 234 g/mol. The molecule has 2 aromatic rings. The number of nitrogens with zero attached hydrogens (tertiary/aromatic N) is 1. The molecule has 16 heavy (non-hydrogen) atoms. The zero-order valence-corrected chi connectivity index (χ0v) is 9.82. The molecule has 0 aliphatic rings. The van der Waals surface area contributed by atoms with Crippen LogP contribution in [0.3, 0.4) is 0 Å². The fourth-order valence-corrected chi connectivity index (χ4v) is 1.73. The maximum absolute atomic E-state index is 5.92. The van der Waals surface area contributed by atoms with Crippen molar-refractivity contribution in [3.63, 3.8) is 0 Å². The van der Waals surface area contributed by atoms with Gasteiger partial charge in [-0.15, -0.1) is 0 Å². The summed E-state index contributed by atoms with van der Waals surface area (Å²) >= 11 is 5.92. The minimum Gasteiger partial charge on any atom is -0.497 e. The Hall–Kier alpha value is -1.54. The third-order valence-corrected chi connectivity index (χ3v) is 2.57. The molecule has 2 nitrogen and oxygen atoms in total. The molecule has 0 spiro atoms. The molecule has 0 bridgehead atoms. The Balaban J connectivity index is 2.14. The third kappa shape index (κ3) is 2.74. The second-order valence-electron chi connectivity index (χ2n) is 3.54. The van der Waals surface area contributed by atoms with Crippen LogP contribution in [0.1, 0.15) is 5.56 Å². The van der Waals surface area contributed by atoms with Crippen LogP contribution in [0.25, 0.3) is 0 Å². The molecule has 0 radical (unpaired) electrons. The van der Waals surface area contributed by atoms with Crippen molar-refractivity contribution in [3.05, 3.63) is 59.4 Å². The second kappa shape index (κ2) is 4.99. The number of pyridine rings is 1. The van der Waals surface area contributed by atoms with Crippen LogP contribution in [0.4, 0.5) is 0 Å². The van der Waals surface area contributed by atoms with Gasteiger partial charge in [0.05, 0.1) is 7.11 Å². The highest BCUT2D eigenvalue weighted by atomic mass is 35.5. The van der Waals surface area contributed by atoms with Gasteiger partial charge in [-0.2, -0.15) is 4.57 Å². The van der Waals surface area contributed by atoms with E-state index in [1.54, 1.807) is 7.11 Å². The summed E-state index contributed by atoms with van der Waals surface area (Å²) in [5.41, 5.74) is 1.22. The molecule has 1 aromatic carbocycles. The van der Waals surface area contributed by atoms with Crippen LogP contribution in [-0.4, -0.2) is 7.11 Å². The Morgan fingerprint density at radius 3 is 2.56 bits per heavy atom. The Bertz CT molecular complexity index is 468. The van der Waals surface area contributed by atoms with E-state index in [0.29, 0.717) is 0 Å². The maximum atomic E-state index is 5.92. The number of ether oxygens (including phenoxy) is 1. The molecule has 0 fully saturated rings. The van der Waals surface area contributed by atoms with Gasteiger partial charge in [0, 0.05) is 11.6 Å². The molecule has 0 N–H and O–H groups in total. The van der Waals surface area contributed by atoms with Crippen molar-refractivity contribution in [2.75, 3.05) is 7.11 Å². The molecule has 0 aliphatic heterocycles. The largest absolute Gasteiger partial charge is 0.497 e. The van der Waals surface area contributed by atoms with Crippen LogP contribution in [0.15, 0.2) is 48.8 Å². The molecule has 1 aromatic heterocycles. The topological polar surface area (TPSA) is 13.1 Å². The molecule has 2 rings (SSSR count). The van der Waals surface area contributed by atoms with E-state index in [1.165, 1.54) is 5.56 Å². The fraction of sp³-hybridized carbons (Fsp3) is 0.154. The lowest BCUT2D eigenvalue weighted by Gasteiger charge is -2.01. The summed E-state index contributed by atoms with van der Waals surface area (Å²) in [7, 11) is 1.67. The number of hydrogen-bond acceptors (Lipinski definition) is 1. The number of rotatable bonds is 3. The molecular formula is C13H13ClNO+. The average Bonchev–Trinajstić information content (AvgIpc) is 2.30. The third-order valence-electron chi connectivity index (χ3n) is 2.35. The van der Waals surface area contributed by atoms with Crippen LogP contribution in [0, 0.1) is 0 Å². The van der Waals surface area contributed by atoms with Crippen molar-refractivity contribution in [2.24, 2.45) is 0 Å². The van der Waals surface area contributed by atoms with E-state index in [9.17, 15) is 0 Å². The fourth-order valence-electron chi connectivity index (χ4n) is 1.53. The van der Waals surface area contributed by atoms with Gasteiger partial charge >= 0.3 is 0 Å². The smallest absolute Gasteiger partial charge is 0.187 e. The molecule has 0 atom stereocenters. The normalized spacial score (nSPS) is 10.1. The van der Waals surface area contributed by atoms with Crippen LogP contribution >= 0.6 is 11.6 Å². The lowest BCUT2D eigenvalue weighted by molar-refractivity contribution is -0.688. The molecule has 0 saturated carbocycles. The highest BCUT2D eigenvalue weighted by Crippen LogP contribution is 2.11. The highest BCUT2D eigenvalue weighted by molar-refractivity contribution is 6.30. The Morgan fingerprint density at radius 2 is 1.94 bits per heavy atom. The molecule has 0 amide bonds. The predicted molar refractivity (Wildman–Crippen MR) is 63.7 cm³/mol. The van der Waals surface area contributed by atoms with E-state index < -0.39 is 0 Å². The Labute approximate surface area is 100 Å². The van der Waals surface area contributed by atoms with Crippen LogP contribution in [0.5, 0.6) is 5.75 Å². The van der Waals surface area contributed by atoms with Gasteiger partial charge in [-0.05, 0) is 30.3 Å². The van der Waals surface area contributed by atoms with Crippen LogP contribution in [-0.2, 0) is 6.54 Å². The zero-order chi connectivity index (χ0) is 11.4. The second-order valence-corrected chi connectivity index (χ2v) is 3.98. The van der Waals surface area contributed by atoms with Gasteiger partial charge < -0.3 is 4.74 Å². The van der Waals surface area contributed by atoms with Gasteiger partial charge in [0.25, 0.3) is 0 Å². The lowest BCUT2D eigenvalue weighted by Crippen LogP contribution is -2.33. The van der Waals surface area contributed by atoms with Gasteiger partial charge in [-0.3, -0.25) is 0 Å². The van der Waals surface area contributed by atoms with Crippen molar-refractivity contribution < 1.29 is 9.30 Å². The first-order valence-electron chi connectivity index (χ1n) is 5.05. The molecule has 3 heteroatoms. The molecule has 82 valence electrons. The van der Waals surface area contributed by atoms with Gasteiger partial charge in [-0.25, -0.2) is 0 Å². The van der Waals surface area contributed by atoms with Crippen molar-refractivity contribution >= 4 is 11.6 Å². The van der Waals surface area contributed by atoms with E-state index in [0.717, 1.165) is 17.3 Å². The summed E-state index contributed by atoms with van der Waals surface area (Å²) in [5, 5.41) is 0.746. The SMILES string of the molecule is COc1ccc(C[n+]2cccc(Cl)c2)cc1. The average molecular weight is 235 g/mol. The summed E-state index contributed by atoms with van der Waals surface area (Å²) < 4.78 is 7.16. The highest BCUT2D eigenvalue weighted by Gasteiger charge is 2.03. The first kappa shape index (κ1) is 11.0. The van der Waals surface area contributed by atoms with E-state index in [-0.39, 0.29) is 0 Å². The van der Waals surface area contributed by atoms with Crippen molar-refractivity contribution in [2.45, 2.75) is 6.54 Å². The number of halogens is 1. The minimum absolute atomic E-state index is 0.746. The van der Waals surface area contributed by atoms with E-state index in [1.807, 2.05) is 53.4 Å². The van der Waals surface area contributed by atoms with Gasteiger partial charge in [0.15, 0.2) is 18.9 Å². The summed E-state index contributed by atoms with van der Waals surface area (Å²) in [6.07, 6.45) is 3.90. The van der Waals surface area contributed by atoms with Crippen molar-refractivity contribution in [3.8, 4) is 5.75 Å². The molecular weight excluding hydrogens is 222 g/mol. The van der Waals surface area contributed by atoms with Gasteiger partial charge in [0.1, 0.15) is 10.8 Å². The lowest BCUT2D eigenvalue weighted by atomic mass is 10.2. The summed E-state index contributed by atoms with van der Waals surface area (Å²) in [4.78, 5) is 0. The molecule has 1 heterocycles. The number of benzene rings is 1. The summed E-state index contributed by atoms with van der Waals surface area (Å²) in [6.45, 7) is 0.810. The Morgan fingerprint density at radius 1 is 1.19 bits per heavy atom. The van der Waals surface area contributed by atoms with Crippen LogP contribution in [0.2, 0.25) is 5.02 Å². The van der Waals surface area contributed by atoms with Crippen molar-refractivity contribution in [1.82, 2.24) is 0 Å². The first-order valence-corrected chi connectivity index (χ1v) is 5.43. The van der Waals surface area contributed by atoms with Gasteiger partial charge in [0.2, 0.25) is 0 Å². The standard InChI is InChI=1S/C13H13ClNO/c1-16-13-6-4-11(5-7-13)9-15-8-2-3-12(14)10-15/h2-8,10H,9H2,1H3/q+1.